The van der Waals surface area contributed by atoms with Crippen molar-refractivity contribution in [2.75, 3.05) is 26.8 Å². The number of nitrogens with two attached hydrogens (primary N) is 1. The van der Waals surface area contributed by atoms with Crippen molar-refractivity contribution in [3.05, 3.63) is 23.8 Å². The van der Waals surface area contributed by atoms with Crippen LogP contribution in [0.3, 0.4) is 0 Å². The predicted octanol–water partition coefficient (Wildman–Crippen LogP) is 0.0308. The molecule has 0 fully saturated rings. The molecule has 2 rings (SSSR count). The van der Waals surface area contributed by atoms with Crippen molar-refractivity contribution in [1.29, 1.82) is 0 Å². The van der Waals surface area contributed by atoms with Crippen molar-refractivity contribution in [3.8, 4) is 11.5 Å². The summed E-state index contributed by atoms with van der Waals surface area (Å²) in [5.41, 5.74) is 5.96. The van der Waals surface area contributed by atoms with Crippen molar-refractivity contribution in [1.82, 2.24) is 10.6 Å². The molecule has 1 atom stereocenters. The molecule has 0 aliphatic carbocycles. The Kier molecular flexibility index (Phi) is 4.86. The van der Waals surface area contributed by atoms with E-state index in [1.807, 2.05) is 18.2 Å². The number of para-hydroxylation sites is 1. The highest BCUT2D eigenvalue weighted by Crippen LogP contribution is 2.35. The standard InChI is InChI=1S/C14H19N3O4/c1-20-11-4-2-3-10-5-9(8-21-13(10)11)6-16-12(18)7-17-14(15)19/h2-4,9H,5-8H2,1H3,(H,16,18)(H3,15,17,19)/t9-/m0/s1. The SMILES string of the molecule is COc1cccc2c1OC[C@H](CNC(=O)CNC(N)=O)C2. The topological polar surface area (TPSA) is 103 Å². The van der Waals surface area contributed by atoms with Gasteiger partial charge in [-0.15, -0.1) is 0 Å². The number of amides is 3. The van der Waals surface area contributed by atoms with Gasteiger partial charge in [-0.05, 0) is 18.1 Å². The van der Waals surface area contributed by atoms with Gasteiger partial charge in [-0.1, -0.05) is 12.1 Å². The first-order valence-electron chi connectivity index (χ1n) is 6.69. The zero-order valence-corrected chi connectivity index (χ0v) is 11.8. The summed E-state index contributed by atoms with van der Waals surface area (Å²) in [6, 6.07) is 5.04. The van der Waals surface area contributed by atoms with Crippen LogP contribution in [-0.2, 0) is 11.2 Å². The summed E-state index contributed by atoms with van der Waals surface area (Å²) < 4.78 is 11.0. The van der Waals surface area contributed by atoms with Crippen LogP contribution in [0.2, 0.25) is 0 Å². The van der Waals surface area contributed by atoms with E-state index in [4.69, 9.17) is 15.2 Å². The fourth-order valence-corrected chi connectivity index (χ4v) is 2.24. The zero-order valence-electron chi connectivity index (χ0n) is 11.8. The maximum absolute atomic E-state index is 11.5. The van der Waals surface area contributed by atoms with Crippen LogP contribution in [-0.4, -0.2) is 38.7 Å². The largest absolute Gasteiger partial charge is 0.493 e. The van der Waals surface area contributed by atoms with Gasteiger partial charge >= 0.3 is 6.03 Å². The van der Waals surface area contributed by atoms with Gasteiger partial charge in [0.2, 0.25) is 5.91 Å². The predicted molar refractivity (Wildman–Crippen MR) is 76.3 cm³/mol. The minimum absolute atomic E-state index is 0.118. The number of fused-ring (bicyclic) bond motifs is 1. The number of methoxy groups -OCH3 is 1. The lowest BCUT2D eigenvalue weighted by molar-refractivity contribution is -0.120. The van der Waals surface area contributed by atoms with Crippen LogP contribution in [0.4, 0.5) is 4.79 Å². The maximum Gasteiger partial charge on any atom is 0.312 e. The molecule has 1 aromatic carbocycles. The Morgan fingerprint density at radius 1 is 1.43 bits per heavy atom. The van der Waals surface area contributed by atoms with Gasteiger partial charge in [-0.25, -0.2) is 4.79 Å². The fraction of sp³-hybridized carbons (Fsp3) is 0.429. The van der Waals surface area contributed by atoms with Crippen molar-refractivity contribution < 1.29 is 19.1 Å². The smallest absolute Gasteiger partial charge is 0.312 e. The summed E-state index contributed by atoms with van der Waals surface area (Å²) in [5, 5.41) is 4.99. The number of benzene rings is 1. The minimum atomic E-state index is -0.716. The van der Waals surface area contributed by atoms with E-state index in [-0.39, 0.29) is 18.4 Å². The Labute approximate surface area is 122 Å². The van der Waals surface area contributed by atoms with Crippen LogP contribution >= 0.6 is 0 Å². The quantitative estimate of drug-likeness (QED) is 0.712. The zero-order chi connectivity index (χ0) is 15.2. The van der Waals surface area contributed by atoms with Crippen molar-refractivity contribution in [2.45, 2.75) is 6.42 Å². The average Bonchev–Trinajstić information content (AvgIpc) is 2.49. The lowest BCUT2D eigenvalue weighted by Gasteiger charge is -2.26. The summed E-state index contributed by atoms with van der Waals surface area (Å²) >= 11 is 0. The lowest BCUT2D eigenvalue weighted by atomic mass is 9.96. The second-order valence-corrected chi connectivity index (χ2v) is 4.85. The second kappa shape index (κ2) is 6.83. The first-order valence-corrected chi connectivity index (χ1v) is 6.69. The number of primary amides is 1. The van der Waals surface area contributed by atoms with Crippen LogP contribution in [0.25, 0.3) is 0 Å². The van der Waals surface area contributed by atoms with E-state index in [1.54, 1.807) is 7.11 Å². The molecule has 0 bridgehead atoms. The number of carbonyl (C=O) groups is 2. The fourth-order valence-electron chi connectivity index (χ4n) is 2.24. The molecule has 0 aromatic heterocycles. The average molecular weight is 293 g/mol. The van der Waals surface area contributed by atoms with E-state index in [1.165, 1.54) is 0 Å². The second-order valence-electron chi connectivity index (χ2n) is 4.85. The molecule has 0 spiro atoms. The molecule has 0 saturated heterocycles. The minimum Gasteiger partial charge on any atom is -0.493 e. The highest BCUT2D eigenvalue weighted by atomic mass is 16.5. The molecule has 0 saturated carbocycles. The van der Waals surface area contributed by atoms with Gasteiger partial charge in [0.05, 0.1) is 20.3 Å². The van der Waals surface area contributed by atoms with E-state index < -0.39 is 6.03 Å². The number of nitrogens with one attached hydrogen (secondary N) is 2. The monoisotopic (exact) mass is 293 g/mol. The van der Waals surface area contributed by atoms with E-state index in [2.05, 4.69) is 10.6 Å². The highest BCUT2D eigenvalue weighted by molar-refractivity contribution is 5.83. The molecular formula is C14H19N3O4. The molecule has 3 amide bonds. The van der Waals surface area contributed by atoms with E-state index in [9.17, 15) is 9.59 Å². The molecule has 4 N–H and O–H groups in total. The molecule has 114 valence electrons. The Morgan fingerprint density at radius 2 is 2.24 bits per heavy atom. The Balaban J connectivity index is 1.85. The summed E-state index contributed by atoms with van der Waals surface area (Å²) in [6.07, 6.45) is 0.802. The number of carbonyl (C=O) groups excluding carboxylic acids is 2. The highest BCUT2D eigenvalue weighted by Gasteiger charge is 2.22. The summed E-state index contributed by atoms with van der Waals surface area (Å²) in [7, 11) is 1.61. The van der Waals surface area contributed by atoms with E-state index in [0.717, 1.165) is 23.5 Å². The van der Waals surface area contributed by atoms with Crippen molar-refractivity contribution >= 4 is 11.9 Å². The maximum atomic E-state index is 11.5. The summed E-state index contributed by atoms with van der Waals surface area (Å²) in [6.45, 7) is 0.875. The third-order valence-corrected chi connectivity index (χ3v) is 3.26. The third kappa shape index (κ3) is 4.01. The molecule has 7 nitrogen and oxygen atoms in total. The molecule has 1 heterocycles. The molecular weight excluding hydrogens is 274 g/mol. The molecule has 21 heavy (non-hydrogen) atoms. The van der Waals surface area contributed by atoms with E-state index in [0.29, 0.717) is 13.2 Å². The Morgan fingerprint density at radius 3 is 2.95 bits per heavy atom. The number of hydrogen-bond acceptors (Lipinski definition) is 4. The van der Waals surface area contributed by atoms with Crippen LogP contribution < -0.4 is 25.8 Å². The van der Waals surface area contributed by atoms with Crippen LogP contribution in [0.15, 0.2) is 18.2 Å². The number of urea groups is 1. The normalized spacial score (nSPS) is 16.3. The first-order chi connectivity index (χ1) is 10.1. The van der Waals surface area contributed by atoms with Gasteiger partial charge < -0.3 is 25.8 Å². The van der Waals surface area contributed by atoms with Gasteiger partial charge in [-0.3, -0.25) is 4.79 Å². The van der Waals surface area contributed by atoms with Gasteiger partial charge in [0.25, 0.3) is 0 Å². The number of ether oxygens (including phenoxy) is 2. The summed E-state index contributed by atoms with van der Waals surface area (Å²) in [4.78, 5) is 22.0. The van der Waals surface area contributed by atoms with Crippen molar-refractivity contribution in [2.24, 2.45) is 11.7 Å². The van der Waals surface area contributed by atoms with Crippen molar-refractivity contribution in [3.63, 3.8) is 0 Å². The number of hydrogen-bond donors (Lipinski definition) is 3. The summed E-state index contributed by atoms with van der Waals surface area (Å²) in [5.74, 6) is 1.41. The number of rotatable bonds is 5. The first kappa shape index (κ1) is 15.0. The molecule has 0 unspecified atom stereocenters. The molecule has 1 aromatic rings. The van der Waals surface area contributed by atoms with Gasteiger partial charge in [0.1, 0.15) is 0 Å². The van der Waals surface area contributed by atoms with Crippen LogP contribution in [0, 0.1) is 5.92 Å². The lowest BCUT2D eigenvalue weighted by Crippen LogP contribution is -2.42. The van der Waals surface area contributed by atoms with Gasteiger partial charge in [0.15, 0.2) is 11.5 Å². The Bertz CT molecular complexity index is 533. The van der Waals surface area contributed by atoms with E-state index >= 15 is 0 Å². The molecule has 1 aliphatic heterocycles. The Hall–Kier alpha value is -2.44. The molecule has 1 aliphatic rings. The van der Waals surface area contributed by atoms with Gasteiger partial charge in [-0.2, -0.15) is 0 Å². The molecule has 7 heteroatoms. The van der Waals surface area contributed by atoms with Crippen LogP contribution in [0.1, 0.15) is 5.56 Å². The molecule has 0 radical (unpaired) electrons. The third-order valence-electron chi connectivity index (χ3n) is 3.26. The van der Waals surface area contributed by atoms with Crippen LogP contribution in [0.5, 0.6) is 11.5 Å². The van der Waals surface area contributed by atoms with Gasteiger partial charge in [0, 0.05) is 12.5 Å².